The quantitative estimate of drug-likeness (QED) is 0.768. The van der Waals surface area contributed by atoms with Gasteiger partial charge in [-0.25, -0.2) is 4.39 Å². The molecule has 1 saturated heterocycles. The van der Waals surface area contributed by atoms with Crippen molar-refractivity contribution in [1.82, 2.24) is 14.7 Å². The first-order valence-electron chi connectivity index (χ1n) is 9.79. The molecule has 3 rings (SSSR count). The number of benzene rings is 1. The van der Waals surface area contributed by atoms with Gasteiger partial charge < -0.3 is 19.6 Å². The van der Waals surface area contributed by atoms with Crippen molar-refractivity contribution in [3.05, 3.63) is 29.0 Å². The Bertz CT molecular complexity index is 757. The lowest BCUT2D eigenvalue weighted by atomic mass is 10.1. The normalized spacial score (nSPS) is 25.1. The van der Waals surface area contributed by atoms with Gasteiger partial charge in [-0.2, -0.15) is 0 Å². The lowest BCUT2D eigenvalue weighted by Crippen LogP contribution is -2.55. The Morgan fingerprint density at radius 2 is 1.97 bits per heavy atom. The molecule has 2 amide bonds. The fourth-order valence-corrected chi connectivity index (χ4v) is 4.30. The summed E-state index contributed by atoms with van der Waals surface area (Å²) in [5, 5.41) is 10.8. The highest BCUT2D eigenvalue weighted by molar-refractivity contribution is 6.30. The van der Waals surface area contributed by atoms with Crippen molar-refractivity contribution in [1.29, 1.82) is 0 Å². The molecule has 0 unspecified atom stereocenters. The van der Waals surface area contributed by atoms with Gasteiger partial charge >= 0.3 is 0 Å². The minimum Gasteiger partial charge on any atom is -0.484 e. The number of nitrogens with zero attached hydrogens (tertiary/aromatic N) is 3. The third-order valence-corrected chi connectivity index (χ3v) is 6.21. The predicted octanol–water partition coefficient (Wildman–Crippen LogP) is 1.37. The first-order valence-corrected chi connectivity index (χ1v) is 10.2. The summed E-state index contributed by atoms with van der Waals surface area (Å²) >= 11 is 5.72. The van der Waals surface area contributed by atoms with Crippen LogP contribution in [-0.2, 0) is 9.59 Å². The van der Waals surface area contributed by atoms with E-state index in [2.05, 4.69) is 4.90 Å². The van der Waals surface area contributed by atoms with Gasteiger partial charge in [0.25, 0.3) is 5.91 Å². The van der Waals surface area contributed by atoms with E-state index in [1.165, 1.54) is 23.1 Å². The molecule has 1 heterocycles. The fourth-order valence-electron chi connectivity index (χ4n) is 4.13. The molecule has 3 atom stereocenters. The second kappa shape index (κ2) is 9.28. The molecule has 1 aliphatic heterocycles. The lowest BCUT2D eigenvalue weighted by Gasteiger charge is -2.39. The van der Waals surface area contributed by atoms with Gasteiger partial charge in [0.2, 0.25) is 5.91 Å². The molecule has 160 valence electrons. The van der Waals surface area contributed by atoms with Crippen LogP contribution in [0.15, 0.2) is 18.2 Å². The molecule has 7 nitrogen and oxygen atoms in total. The van der Waals surface area contributed by atoms with Crippen LogP contribution in [0.5, 0.6) is 5.75 Å². The second-order valence-corrected chi connectivity index (χ2v) is 8.02. The summed E-state index contributed by atoms with van der Waals surface area (Å²) in [6, 6.07) is 3.60. The Kier molecular flexibility index (Phi) is 6.97. The van der Waals surface area contributed by atoms with Crippen molar-refractivity contribution in [2.24, 2.45) is 0 Å². The average Bonchev–Trinajstić information content (AvgIpc) is 3.09. The molecule has 1 aromatic rings. The number of carbonyl (C=O) groups excluding carboxylic acids is 2. The maximum Gasteiger partial charge on any atom is 0.260 e. The minimum absolute atomic E-state index is 0.0267. The van der Waals surface area contributed by atoms with Crippen molar-refractivity contribution in [3.63, 3.8) is 0 Å². The van der Waals surface area contributed by atoms with Crippen molar-refractivity contribution >= 4 is 23.4 Å². The largest absolute Gasteiger partial charge is 0.484 e. The van der Waals surface area contributed by atoms with Crippen LogP contribution in [0, 0.1) is 5.82 Å². The van der Waals surface area contributed by atoms with Crippen LogP contribution in [0.25, 0.3) is 0 Å². The van der Waals surface area contributed by atoms with Gasteiger partial charge in [-0.1, -0.05) is 11.6 Å². The maximum atomic E-state index is 13.2. The van der Waals surface area contributed by atoms with E-state index in [9.17, 15) is 19.1 Å². The monoisotopic (exact) mass is 427 g/mol. The first kappa shape index (κ1) is 21.8. The summed E-state index contributed by atoms with van der Waals surface area (Å²) in [7, 11) is 1.66. The zero-order valence-corrected chi connectivity index (χ0v) is 17.4. The lowest BCUT2D eigenvalue weighted by molar-refractivity contribution is -0.137. The minimum atomic E-state index is -0.659. The molecule has 1 aliphatic carbocycles. The Labute approximate surface area is 175 Å². The number of halogens is 2. The predicted molar refractivity (Wildman–Crippen MR) is 106 cm³/mol. The molecule has 0 bridgehead atoms. The summed E-state index contributed by atoms with van der Waals surface area (Å²) in [5.41, 5.74) is 0. The summed E-state index contributed by atoms with van der Waals surface area (Å²) < 4.78 is 18.6. The van der Waals surface area contributed by atoms with E-state index in [1.54, 1.807) is 14.0 Å². The van der Waals surface area contributed by atoms with Gasteiger partial charge in [0, 0.05) is 52.3 Å². The summed E-state index contributed by atoms with van der Waals surface area (Å²) in [4.78, 5) is 29.6. The van der Waals surface area contributed by atoms with E-state index in [1.807, 2.05) is 4.90 Å². The molecule has 2 fully saturated rings. The SMILES string of the molecule is CC(=O)N1CCN([C@@H]2CC[C@@H](N(C)C(=O)COc3ccc(F)c(Cl)c3)[C@H]2O)CC1. The number of carbonyl (C=O) groups is 2. The van der Waals surface area contributed by atoms with Crippen molar-refractivity contribution in [2.45, 2.75) is 38.0 Å². The zero-order chi connectivity index (χ0) is 21.1. The number of piperazine rings is 1. The number of aliphatic hydroxyl groups is 1. The number of rotatable bonds is 5. The van der Waals surface area contributed by atoms with E-state index in [-0.39, 0.29) is 35.5 Å². The van der Waals surface area contributed by atoms with E-state index in [4.69, 9.17) is 16.3 Å². The molecule has 29 heavy (non-hydrogen) atoms. The molecule has 1 aromatic carbocycles. The number of ether oxygens (including phenoxy) is 1. The molecule has 0 aromatic heterocycles. The van der Waals surface area contributed by atoms with Crippen molar-refractivity contribution in [2.75, 3.05) is 39.8 Å². The second-order valence-electron chi connectivity index (χ2n) is 7.61. The van der Waals surface area contributed by atoms with E-state index < -0.39 is 11.9 Å². The number of hydrogen-bond donors (Lipinski definition) is 1. The van der Waals surface area contributed by atoms with E-state index >= 15 is 0 Å². The zero-order valence-electron chi connectivity index (χ0n) is 16.7. The molecular weight excluding hydrogens is 401 g/mol. The third-order valence-electron chi connectivity index (χ3n) is 5.92. The smallest absolute Gasteiger partial charge is 0.260 e. The van der Waals surface area contributed by atoms with Crippen LogP contribution in [0.3, 0.4) is 0 Å². The molecule has 2 aliphatic rings. The topological polar surface area (TPSA) is 73.3 Å². The van der Waals surface area contributed by atoms with Crippen LogP contribution >= 0.6 is 11.6 Å². The molecule has 9 heteroatoms. The van der Waals surface area contributed by atoms with Crippen LogP contribution in [0.2, 0.25) is 5.02 Å². The molecular formula is C20H27ClFN3O4. The molecule has 0 spiro atoms. The fraction of sp³-hybridized carbons (Fsp3) is 0.600. The van der Waals surface area contributed by atoms with Gasteiger partial charge in [0.05, 0.1) is 17.2 Å². The average molecular weight is 428 g/mol. The summed E-state index contributed by atoms with van der Waals surface area (Å²) in [6.45, 7) is 4.11. The van der Waals surface area contributed by atoms with Crippen LogP contribution in [-0.4, -0.2) is 89.6 Å². The number of aliphatic hydroxyl groups excluding tert-OH is 1. The maximum absolute atomic E-state index is 13.2. The van der Waals surface area contributed by atoms with E-state index in [0.29, 0.717) is 25.3 Å². The standard InChI is InChI=1S/C20H27ClFN3O4/c1-13(26)24-7-9-25(10-8-24)18-6-5-17(20(18)28)23(2)19(27)12-29-14-3-4-16(22)15(21)11-14/h3-4,11,17-18,20,28H,5-10,12H2,1-2H3/t17-,18-,20-/m1/s1. The highest BCUT2D eigenvalue weighted by Crippen LogP contribution is 2.29. The van der Waals surface area contributed by atoms with Gasteiger partial charge in [0.1, 0.15) is 11.6 Å². The molecule has 0 radical (unpaired) electrons. The van der Waals surface area contributed by atoms with Gasteiger partial charge in [-0.05, 0) is 25.0 Å². The van der Waals surface area contributed by atoms with Crippen LogP contribution in [0.4, 0.5) is 4.39 Å². The van der Waals surface area contributed by atoms with Gasteiger partial charge in [-0.15, -0.1) is 0 Å². The van der Waals surface area contributed by atoms with E-state index in [0.717, 1.165) is 19.5 Å². The number of likely N-dealkylation sites (N-methyl/N-ethyl adjacent to an activating group) is 1. The Morgan fingerprint density at radius 1 is 1.28 bits per heavy atom. The molecule has 1 saturated carbocycles. The Morgan fingerprint density at radius 3 is 2.59 bits per heavy atom. The highest BCUT2D eigenvalue weighted by atomic mass is 35.5. The summed E-state index contributed by atoms with van der Waals surface area (Å²) in [5.74, 6) is -0.433. The van der Waals surface area contributed by atoms with Crippen LogP contribution < -0.4 is 4.74 Å². The molecule has 1 N–H and O–H groups in total. The van der Waals surface area contributed by atoms with Crippen molar-refractivity contribution < 1.29 is 23.8 Å². The number of hydrogen-bond acceptors (Lipinski definition) is 5. The Balaban J connectivity index is 1.51. The van der Waals surface area contributed by atoms with Crippen molar-refractivity contribution in [3.8, 4) is 5.75 Å². The first-order chi connectivity index (χ1) is 13.8. The van der Waals surface area contributed by atoms with Gasteiger partial charge in [0.15, 0.2) is 6.61 Å². The summed E-state index contributed by atoms with van der Waals surface area (Å²) in [6.07, 6.45) is 0.828. The number of amides is 2. The van der Waals surface area contributed by atoms with Crippen LogP contribution in [0.1, 0.15) is 19.8 Å². The highest BCUT2D eigenvalue weighted by Gasteiger charge is 2.42. The Hall–Kier alpha value is -1.90. The van der Waals surface area contributed by atoms with Gasteiger partial charge in [-0.3, -0.25) is 14.5 Å². The third kappa shape index (κ3) is 4.99.